The van der Waals surface area contributed by atoms with Crippen LogP contribution in [0.1, 0.15) is 21.5 Å². The maximum absolute atomic E-state index is 11.8. The summed E-state index contributed by atoms with van der Waals surface area (Å²) in [5.74, 6) is 0.703. The van der Waals surface area contributed by atoms with E-state index in [0.717, 1.165) is 35.0 Å². The first kappa shape index (κ1) is 18.7. The van der Waals surface area contributed by atoms with E-state index in [1.54, 1.807) is 7.11 Å². The molecule has 0 radical (unpaired) electrons. The van der Waals surface area contributed by atoms with E-state index in [-0.39, 0.29) is 0 Å². The van der Waals surface area contributed by atoms with E-state index in [0.29, 0.717) is 11.3 Å². The second kappa shape index (κ2) is 8.57. The lowest BCUT2D eigenvalue weighted by Crippen LogP contribution is -2.00. The summed E-state index contributed by atoms with van der Waals surface area (Å²) in [6.07, 6.45) is 1.66. The van der Waals surface area contributed by atoms with Crippen LogP contribution < -0.4 is 4.74 Å². The summed E-state index contributed by atoms with van der Waals surface area (Å²) in [6.45, 7) is 0. The van der Waals surface area contributed by atoms with Crippen LogP contribution in [0.5, 0.6) is 5.75 Å². The van der Waals surface area contributed by atoms with Crippen molar-refractivity contribution in [1.82, 2.24) is 0 Å². The molecule has 0 aliphatic heterocycles. The molecule has 0 bridgehead atoms. The van der Waals surface area contributed by atoms with Gasteiger partial charge in [0.25, 0.3) is 0 Å². The van der Waals surface area contributed by atoms with Crippen LogP contribution in [-0.4, -0.2) is 13.4 Å². The molecule has 4 rings (SSSR count). The highest BCUT2D eigenvalue weighted by Gasteiger charge is 2.18. The minimum atomic E-state index is 0.629. The van der Waals surface area contributed by atoms with Gasteiger partial charge in [-0.3, -0.25) is 4.79 Å². The van der Waals surface area contributed by atoms with Crippen molar-refractivity contribution in [3.05, 3.63) is 114 Å². The number of ether oxygens (including phenoxy) is 1. The first-order valence-corrected chi connectivity index (χ1v) is 9.65. The van der Waals surface area contributed by atoms with Crippen LogP contribution in [-0.2, 0) is 6.42 Å². The van der Waals surface area contributed by atoms with Gasteiger partial charge in [-0.2, -0.15) is 0 Å². The summed E-state index contributed by atoms with van der Waals surface area (Å²) in [7, 11) is 1.64. The van der Waals surface area contributed by atoms with Gasteiger partial charge in [-0.25, -0.2) is 0 Å². The van der Waals surface area contributed by atoms with Gasteiger partial charge in [0.1, 0.15) is 5.75 Å². The van der Waals surface area contributed by atoms with Gasteiger partial charge in [-0.15, -0.1) is 0 Å². The second-order valence-corrected chi connectivity index (χ2v) is 6.90. The molecule has 0 spiro atoms. The molecule has 0 unspecified atom stereocenters. The average Bonchev–Trinajstić information content (AvgIpc) is 2.80. The van der Waals surface area contributed by atoms with Crippen LogP contribution in [0.15, 0.2) is 97.1 Å². The van der Waals surface area contributed by atoms with Gasteiger partial charge >= 0.3 is 0 Å². The number of carbonyl (C=O) groups excluding carboxylic acids is 1. The highest BCUT2D eigenvalue weighted by atomic mass is 16.5. The molecular weight excluding hydrogens is 356 g/mol. The molecule has 0 aromatic heterocycles. The van der Waals surface area contributed by atoms with Crippen molar-refractivity contribution in [3.63, 3.8) is 0 Å². The molecule has 0 saturated carbocycles. The van der Waals surface area contributed by atoms with Gasteiger partial charge in [0, 0.05) is 11.1 Å². The zero-order valence-electron chi connectivity index (χ0n) is 16.3. The molecule has 2 nitrogen and oxygen atoms in total. The van der Waals surface area contributed by atoms with Crippen molar-refractivity contribution in [2.45, 2.75) is 6.42 Å². The Labute approximate surface area is 171 Å². The number of methoxy groups -OCH3 is 1. The normalized spacial score (nSPS) is 10.5. The van der Waals surface area contributed by atoms with Crippen molar-refractivity contribution in [2.24, 2.45) is 0 Å². The molecule has 2 heteroatoms. The number of benzene rings is 4. The summed E-state index contributed by atoms with van der Waals surface area (Å²) in [5, 5.41) is 0. The third kappa shape index (κ3) is 3.83. The fourth-order valence-corrected chi connectivity index (χ4v) is 3.80. The lowest BCUT2D eigenvalue weighted by Gasteiger charge is -2.19. The van der Waals surface area contributed by atoms with E-state index in [9.17, 15) is 4.79 Å². The maximum Gasteiger partial charge on any atom is 0.150 e. The molecule has 29 heavy (non-hydrogen) atoms. The Kier molecular flexibility index (Phi) is 5.53. The van der Waals surface area contributed by atoms with Gasteiger partial charge < -0.3 is 4.74 Å². The number of aldehydes is 1. The smallest absolute Gasteiger partial charge is 0.150 e. The standard InChI is InChI=1S/C27H22O2/c1-29-26-17-8-14-22(19-28)27(26)24-16-9-15-23(21-12-6-3-7-13-21)25(24)18-20-10-4-2-5-11-20/h2-17,19H,18H2,1H3. The van der Waals surface area contributed by atoms with Crippen molar-refractivity contribution in [3.8, 4) is 28.0 Å². The predicted molar refractivity (Wildman–Crippen MR) is 119 cm³/mol. The molecule has 0 atom stereocenters. The van der Waals surface area contributed by atoms with Gasteiger partial charge in [0.15, 0.2) is 6.29 Å². The Morgan fingerprint density at radius 1 is 0.724 bits per heavy atom. The first-order valence-electron chi connectivity index (χ1n) is 9.65. The number of hydrogen-bond donors (Lipinski definition) is 0. The van der Waals surface area contributed by atoms with E-state index >= 15 is 0 Å². The summed E-state index contributed by atoms with van der Waals surface area (Å²) in [5.41, 5.74) is 7.21. The van der Waals surface area contributed by atoms with Crippen LogP contribution in [0, 0.1) is 0 Å². The summed E-state index contributed by atoms with van der Waals surface area (Å²) in [6, 6.07) is 32.6. The Morgan fingerprint density at radius 2 is 1.38 bits per heavy atom. The predicted octanol–water partition coefficient (Wildman–Crippen LogP) is 6.43. The van der Waals surface area contributed by atoms with Gasteiger partial charge in [0.05, 0.1) is 7.11 Å². The Balaban J connectivity index is 1.99. The number of hydrogen-bond acceptors (Lipinski definition) is 2. The SMILES string of the molecule is COc1cccc(C=O)c1-c1cccc(-c2ccccc2)c1Cc1ccccc1. The van der Waals surface area contributed by atoms with Gasteiger partial charge in [0.2, 0.25) is 0 Å². The highest BCUT2D eigenvalue weighted by Crippen LogP contribution is 2.39. The van der Waals surface area contributed by atoms with Crippen LogP contribution in [0.3, 0.4) is 0 Å². The van der Waals surface area contributed by atoms with Gasteiger partial charge in [-0.05, 0) is 40.3 Å². The second-order valence-electron chi connectivity index (χ2n) is 6.90. The van der Waals surface area contributed by atoms with Crippen LogP contribution in [0.4, 0.5) is 0 Å². The quantitative estimate of drug-likeness (QED) is 0.361. The van der Waals surface area contributed by atoms with Crippen molar-refractivity contribution in [1.29, 1.82) is 0 Å². The molecule has 4 aromatic carbocycles. The third-order valence-corrected chi connectivity index (χ3v) is 5.16. The molecule has 0 aliphatic rings. The third-order valence-electron chi connectivity index (χ3n) is 5.16. The molecule has 0 heterocycles. The molecular formula is C27H22O2. The van der Waals surface area contributed by atoms with E-state index in [4.69, 9.17) is 4.74 Å². The molecule has 0 aliphatic carbocycles. The molecule has 0 N–H and O–H groups in total. The molecule has 142 valence electrons. The topological polar surface area (TPSA) is 26.3 Å². The summed E-state index contributed by atoms with van der Waals surface area (Å²) in [4.78, 5) is 11.8. The zero-order chi connectivity index (χ0) is 20.1. The lowest BCUT2D eigenvalue weighted by atomic mass is 9.86. The van der Waals surface area contributed by atoms with Crippen molar-refractivity contribution in [2.75, 3.05) is 7.11 Å². The molecule has 0 fully saturated rings. The molecule has 4 aromatic rings. The summed E-state index contributed by atoms with van der Waals surface area (Å²) >= 11 is 0. The van der Waals surface area contributed by atoms with Gasteiger partial charge in [-0.1, -0.05) is 91.0 Å². The minimum Gasteiger partial charge on any atom is -0.496 e. The molecule has 0 amide bonds. The lowest BCUT2D eigenvalue weighted by molar-refractivity contribution is 0.112. The maximum atomic E-state index is 11.8. The van der Waals surface area contributed by atoms with Crippen LogP contribution >= 0.6 is 0 Å². The fourth-order valence-electron chi connectivity index (χ4n) is 3.80. The van der Waals surface area contributed by atoms with Crippen LogP contribution in [0.25, 0.3) is 22.3 Å². The number of carbonyl (C=O) groups is 1. The van der Waals surface area contributed by atoms with Crippen molar-refractivity contribution < 1.29 is 9.53 Å². The van der Waals surface area contributed by atoms with E-state index in [1.165, 1.54) is 11.1 Å². The Morgan fingerprint density at radius 3 is 2.07 bits per heavy atom. The Hall–Kier alpha value is -3.65. The van der Waals surface area contributed by atoms with Crippen molar-refractivity contribution >= 4 is 6.29 Å². The fraction of sp³-hybridized carbons (Fsp3) is 0.0741. The number of rotatable bonds is 6. The first-order chi connectivity index (χ1) is 14.3. The zero-order valence-corrected chi connectivity index (χ0v) is 16.3. The van der Waals surface area contributed by atoms with E-state index in [1.807, 2.05) is 48.5 Å². The minimum absolute atomic E-state index is 0.629. The highest BCUT2D eigenvalue weighted by molar-refractivity contribution is 5.93. The van der Waals surface area contributed by atoms with Crippen LogP contribution in [0.2, 0.25) is 0 Å². The monoisotopic (exact) mass is 378 g/mol. The van der Waals surface area contributed by atoms with E-state index in [2.05, 4.69) is 48.5 Å². The Bertz CT molecular complexity index is 1120. The van der Waals surface area contributed by atoms with E-state index < -0.39 is 0 Å². The summed E-state index contributed by atoms with van der Waals surface area (Å²) < 4.78 is 5.63. The molecule has 0 saturated heterocycles. The average molecular weight is 378 g/mol. The largest absolute Gasteiger partial charge is 0.496 e.